The molecule has 0 aliphatic heterocycles. The van der Waals surface area contributed by atoms with Crippen molar-refractivity contribution in [1.82, 2.24) is 9.78 Å². The van der Waals surface area contributed by atoms with Gasteiger partial charge in [-0.05, 0) is 13.8 Å². The maximum absolute atomic E-state index is 9.28. The van der Waals surface area contributed by atoms with Crippen LogP contribution in [-0.4, -0.2) is 20.5 Å². The maximum atomic E-state index is 9.28. The first-order chi connectivity index (χ1) is 5.47. The number of hydrogen-bond acceptors (Lipinski definition) is 2. The lowest BCUT2D eigenvalue weighted by molar-refractivity contribution is 0.143. The summed E-state index contributed by atoms with van der Waals surface area (Å²) in [5.41, 5.74) is -0.116. The Hall–Kier alpha value is -1.27. The van der Waals surface area contributed by atoms with Crippen LogP contribution in [0.5, 0.6) is 0 Å². The van der Waals surface area contributed by atoms with Crippen molar-refractivity contribution in [2.24, 2.45) is 7.05 Å². The molecule has 0 aliphatic rings. The van der Waals surface area contributed by atoms with Gasteiger partial charge in [0.05, 0.1) is 11.8 Å². The predicted octanol–water partition coefficient (Wildman–Crippen LogP) is 0.542. The zero-order chi connectivity index (χ0) is 9.19. The zero-order valence-electron chi connectivity index (χ0n) is 7.50. The third-order valence-electron chi connectivity index (χ3n) is 1.22. The number of aryl methyl sites for hydroxylation is 1. The molecule has 0 spiro atoms. The van der Waals surface area contributed by atoms with Gasteiger partial charge in [-0.2, -0.15) is 5.10 Å². The van der Waals surface area contributed by atoms with Crippen LogP contribution in [0.15, 0.2) is 12.4 Å². The molecule has 3 nitrogen and oxygen atoms in total. The molecule has 1 heterocycles. The van der Waals surface area contributed by atoms with Gasteiger partial charge in [0.1, 0.15) is 5.60 Å². The molecule has 1 aromatic rings. The van der Waals surface area contributed by atoms with Gasteiger partial charge in [0, 0.05) is 13.2 Å². The maximum Gasteiger partial charge on any atom is 0.120 e. The molecule has 0 fully saturated rings. The van der Waals surface area contributed by atoms with Crippen LogP contribution in [-0.2, 0) is 7.05 Å². The minimum absolute atomic E-state index is 0.819. The predicted molar refractivity (Wildman–Crippen MR) is 46.4 cm³/mol. The van der Waals surface area contributed by atoms with Gasteiger partial charge < -0.3 is 5.11 Å². The minimum atomic E-state index is -0.935. The van der Waals surface area contributed by atoms with Gasteiger partial charge in [0.2, 0.25) is 0 Å². The second-order valence-corrected chi connectivity index (χ2v) is 3.21. The van der Waals surface area contributed by atoms with E-state index in [0.29, 0.717) is 0 Å². The zero-order valence-corrected chi connectivity index (χ0v) is 7.50. The van der Waals surface area contributed by atoms with Crippen molar-refractivity contribution in [3.8, 4) is 11.8 Å². The molecule has 0 saturated heterocycles. The molecule has 1 aromatic heterocycles. The Labute approximate surface area is 72.0 Å². The van der Waals surface area contributed by atoms with Crippen molar-refractivity contribution < 1.29 is 5.11 Å². The molecule has 0 radical (unpaired) electrons. The minimum Gasteiger partial charge on any atom is -0.378 e. The summed E-state index contributed by atoms with van der Waals surface area (Å²) in [5, 5.41) is 13.2. The summed E-state index contributed by atoms with van der Waals surface area (Å²) in [6, 6.07) is 0. The topological polar surface area (TPSA) is 38.0 Å². The van der Waals surface area contributed by atoms with Gasteiger partial charge in [-0.1, -0.05) is 11.8 Å². The number of aromatic nitrogens is 2. The summed E-state index contributed by atoms with van der Waals surface area (Å²) in [6.45, 7) is 3.30. The highest BCUT2D eigenvalue weighted by Gasteiger charge is 2.05. The van der Waals surface area contributed by atoms with E-state index in [-0.39, 0.29) is 0 Å². The number of hydrogen-bond donors (Lipinski definition) is 1. The summed E-state index contributed by atoms with van der Waals surface area (Å²) < 4.78 is 1.67. The molecule has 3 heteroatoms. The van der Waals surface area contributed by atoms with Crippen molar-refractivity contribution in [3.05, 3.63) is 18.0 Å². The SMILES string of the molecule is Cn1cc(C#CC(C)(C)O)cn1. The molecule has 0 aromatic carbocycles. The molecular formula is C9H12N2O. The van der Waals surface area contributed by atoms with Crippen molar-refractivity contribution in [1.29, 1.82) is 0 Å². The second kappa shape index (κ2) is 3.00. The van der Waals surface area contributed by atoms with Crippen molar-refractivity contribution in [3.63, 3.8) is 0 Å². The summed E-state index contributed by atoms with van der Waals surface area (Å²) in [5.74, 6) is 5.53. The summed E-state index contributed by atoms with van der Waals surface area (Å²) >= 11 is 0. The standard InChI is InChI=1S/C9H12N2O/c1-9(2,12)5-4-8-6-10-11(3)7-8/h6-7,12H,1-3H3. The Morgan fingerprint density at radius 2 is 2.25 bits per heavy atom. The quantitative estimate of drug-likeness (QED) is 0.568. The molecule has 0 aliphatic carbocycles. The largest absolute Gasteiger partial charge is 0.378 e. The Balaban J connectivity index is 2.80. The first kappa shape index (κ1) is 8.82. The van der Waals surface area contributed by atoms with Gasteiger partial charge in [-0.15, -0.1) is 0 Å². The van der Waals surface area contributed by atoms with Crippen LogP contribution in [0, 0.1) is 11.8 Å². The first-order valence-electron chi connectivity index (χ1n) is 3.71. The van der Waals surface area contributed by atoms with Gasteiger partial charge >= 0.3 is 0 Å². The average molecular weight is 164 g/mol. The molecule has 1 N–H and O–H groups in total. The van der Waals surface area contributed by atoms with E-state index < -0.39 is 5.60 Å². The van der Waals surface area contributed by atoms with Crippen LogP contribution in [0.1, 0.15) is 19.4 Å². The van der Waals surface area contributed by atoms with E-state index in [4.69, 9.17) is 0 Å². The molecule has 12 heavy (non-hydrogen) atoms. The number of nitrogens with zero attached hydrogens (tertiary/aromatic N) is 2. The Bertz CT molecular complexity index is 322. The summed E-state index contributed by atoms with van der Waals surface area (Å²) in [4.78, 5) is 0. The monoisotopic (exact) mass is 164 g/mol. The fraction of sp³-hybridized carbons (Fsp3) is 0.444. The van der Waals surface area contributed by atoms with Gasteiger partial charge in [0.25, 0.3) is 0 Å². The number of rotatable bonds is 0. The van der Waals surface area contributed by atoms with Crippen molar-refractivity contribution in [2.75, 3.05) is 0 Å². The van der Waals surface area contributed by atoms with Crippen LogP contribution < -0.4 is 0 Å². The highest BCUT2D eigenvalue weighted by molar-refractivity contribution is 5.31. The lowest BCUT2D eigenvalue weighted by Crippen LogP contribution is -2.14. The second-order valence-electron chi connectivity index (χ2n) is 3.21. The van der Waals surface area contributed by atoms with Gasteiger partial charge in [0.15, 0.2) is 0 Å². The van der Waals surface area contributed by atoms with Gasteiger partial charge in [-0.25, -0.2) is 0 Å². The average Bonchev–Trinajstić information content (AvgIpc) is 2.30. The van der Waals surface area contributed by atoms with E-state index >= 15 is 0 Å². The van der Waals surface area contributed by atoms with E-state index in [9.17, 15) is 5.11 Å². The Kier molecular flexibility index (Phi) is 2.20. The van der Waals surface area contributed by atoms with Crippen LogP contribution in [0.2, 0.25) is 0 Å². The lowest BCUT2D eigenvalue weighted by Gasteiger charge is -2.05. The molecule has 64 valence electrons. The molecule has 0 saturated carbocycles. The van der Waals surface area contributed by atoms with Crippen molar-refractivity contribution in [2.45, 2.75) is 19.4 Å². The highest BCUT2D eigenvalue weighted by Crippen LogP contribution is 1.99. The fourth-order valence-corrected chi connectivity index (χ4v) is 0.711. The van der Waals surface area contributed by atoms with Crippen LogP contribution in [0.4, 0.5) is 0 Å². The summed E-state index contributed by atoms with van der Waals surface area (Å²) in [7, 11) is 1.83. The highest BCUT2D eigenvalue weighted by atomic mass is 16.3. The molecule has 0 atom stereocenters. The van der Waals surface area contributed by atoms with E-state index in [1.165, 1.54) is 0 Å². The Morgan fingerprint density at radius 3 is 2.67 bits per heavy atom. The van der Waals surface area contributed by atoms with Crippen LogP contribution in [0.25, 0.3) is 0 Å². The van der Waals surface area contributed by atoms with Crippen molar-refractivity contribution >= 4 is 0 Å². The lowest BCUT2D eigenvalue weighted by atomic mass is 10.1. The smallest absolute Gasteiger partial charge is 0.120 e. The molecule has 0 amide bonds. The van der Waals surface area contributed by atoms with E-state index in [2.05, 4.69) is 16.9 Å². The Morgan fingerprint density at radius 1 is 1.58 bits per heavy atom. The first-order valence-corrected chi connectivity index (χ1v) is 3.71. The molecular weight excluding hydrogens is 152 g/mol. The van der Waals surface area contributed by atoms with Crippen LogP contribution in [0.3, 0.4) is 0 Å². The normalized spacial score (nSPS) is 10.7. The fourth-order valence-electron chi connectivity index (χ4n) is 0.711. The third-order valence-corrected chi connectivity index (χ3v) is 1.22. The molecule has 1 rings (SSSR count). The van der Waals surface area contributed by atoms with E-state index in [1.54, 1.807) is 30.9 Å². The summed E-state index contributed by atoms with van der Waals surface area (Å²) in [6.07, 6.45) is 3.47. The van der Waals surface area contributed by atoms with Crippen LogP contribution >= 0.6 is 0 Å². The molecule has 0 bridgehead atoms. The van der Waals surface area contributed by atoms with E-state index in [1.807, 2.05) is 7.05 Å². The number of aliphatic hydroxyl groups is 1. The molecule has 0 unspecified atom stereocenters. The van der Waals surface area contributed by atoms with E-state index in [0.717, 1.165) is 5.56 Å². The van der Waals surface area contributed by atoms with Gasteiger partial charge in [-0.3, -0.25) is 4.68 Å². The third kappa shape index (κ3) is 2.77.